The summed E-state index contributed by atoms with van der Waals surface area (Å²) < 4.78 is 11.0. The molecular weight excluding hydrogens is 384 g/mol. The van der Waals surface area contributed by atoms with E-state index in [0.717, 1.165) is 22.9 Å². The van der Waals surface area contributed by atoms with Gasteiger partial charge in [0.1, 0.15) is 17.4 Å². The van der Waals surface area contributed by atoms with E-state index in [9.17, 15) is 4.79 Å². The zero-order chi connectivity index (χ0) is 19.2. The highest BCUT2D eigenvalue weighted by Gasteiger charge is 2.23. The number of rotatable bonds is 8. The molecule has 1 aromatic carbocycles. The van der Waals surface area contributed by atoms with Gasteiger partial charge in [0.2, 0.25) is 0 Å². The van der Waals surface area contributed by atoms with Crippen LogP contribution in [0.25, 0.3) is 0 Å². The van der Waals surface area contributed by atoms with E-state index in [1.165, 1.54) is 17.6 Å². The highest BCUT2D eigenvalue weighted by atomic mass is 35.5. The normalized spacial score (nSPS) is 12.0. The Labute approximate surface area is 167 Å². The summed E-state index contributed by atoms with van der Waals surface area (Å²) in [5.41, 5.74) is 0.843. The third-order valence-electron chi connectivity index (χ3n) is 4.22. The Morgan fingerprint density at radius 1 is 1.33 bits per heavy atom. The lowest BCUT2D eigenvalue weighted by atomic mass is 10.2. The zero-order valence-electron chi connectivity index (χ0n) is 15.2. The Balaban J connectivity index is 1.64. The van der Waals surface area contributed by atoms with Crippen molar-refractivity contribution in [3.8, 4) is 5.75 Å². The maximum absolute atomic E-state index is 12.7. The maximum atomic E-state index is 12.7. The number of amides is 1. The van der Waals surface area contributed by atoms with Gasteiger partial charge >= 0.3 is 0 Å². The molecule has 27 heavy (non-hydrogen) atoms. The van der Waals surface area contributed by atoms with Gasteiger partial charge in [-0.15, -0.1) is 11.3 Å². The Morgan fingerprint density at radius 2 is 2.11 bits per heavy atom. The van der Waals surface area contributed by atoms with E-state index in [1.807, 2.05) is 24.4 Å². The highest BCUT2D eigenvalue weighted by Crippen LogP contribution is 2.20. The molecule has 2 aromatic heterocycles. The van der Waals surface area contributed by atoms with Crippen LogP contribution in [0.15, 0.2) is 52.5 Å². The van der Waals surface area contributed by atoms with Gasteiger partial charge in [0.05, 0.1) is 18.5 Å². The SMILES string of the molecule is CC[C@@H](C)N(Cc1csc(COc2ccc(Cl)cc2)n1)C(=O)c1ccco1. The predicted molar refractivity (Wildman–Crippen MR) is 106 cm³/mol. The summed E-state index contributed by atoms with van der Waals surface area (Å²) in [4.78, 5) is 19.1. The quantitative estimate of drug-likeness (QED) is 0.503. The second kappa shape index (κ2) is 9.06. The van der Waals surface area contributed by atoms with E-state index in [1.54, 1.807) is 29.2 Å². The first kappa shape index (κ1) is 19.5. The number of nitrogens with zero attached hydrogens (tertiary/aromatic N) is 2. The third-order valence-corrected chi connectivity index (χ3v) is 5.35. The van der Waals surface area contributed by atoms with Gasteiger partial charge in [-0.1, -0.05) is 18.5 Å². The molecule has 0 radical (unpaired) electrons. The lowest BCUT2D eigenvalue weighted by Gasteiger charge is -2.27. The van der Waals surface area contributed by atoms with Crippen LogP contribution in [-0.4, -0.2) is 21.8 Å². The molecule has 3 rings (SSSR count). The summed E-state index contributed by atoms with van der Waals surface area (Å²) in [7, 11) is 0. The van der Waals surface area contributed by atoms with Gasteiger partial charge in [0.25, 0.3) is 5.91 Å². The van der Waals surface area contributed by atoms with Crippen molar-refractivity contribution in [1.29, 1.82) is 0 Å². The fourth-order valence-corrected chi connectivity index (χ4v) is 3.35. The number of hydrogen-bond donors (Lipinski definition) is 0. The minimum absolute atomic E-state index is 0.0815. The number of benzene rings is 1. The number of ether oxygens (including phenoxy) is 1. The Morgan fingerprint density at radius 3 is 2.78 bits per heavy atom. The second-order valence-corrected chi connectivity index (χ2v) is 7.52. The second-order valence-electron chi connectivity index (χ2n) is 6.14. The number of carbonyl (C=O) groups is 1. The molecule has 3 aromatic rings. The molecule has 0 aliphatic heterocycles. The molecular formula is C20H21ClN2O3S. The van der Waals surface area contributed by atoms with Crippen LogP contribution in [0.2, 0.25) is 5.02 Å². The number of hydrogen-bond acceptors (Lipinski definition) is 5. The Hall–Kier alpha value is -2.31. The largest absolute Gasteiger partial charge is 0.486 e. The van der Waals surface area contributed by atoms with Crippen LogP contribution < -0.4 is 4.74 Å². The molecule has 1 atom stereocenters. The Kier molecular flexibility index (Phi) is 6.53. The number of halogens is 1. The molecule has 1 amide bonds. The number of carbonyl (C=O) groups excluding carboxylic acids is 1. The molecule has 0 saturated heterocycles. The lowest BCUT2D eigenvalue weighted by molar-refractivity contribution is 0.0636. The van der Waals surface area contributed by atoms with Gasteiger partial charge < -0.3 is 14.1 Å². The summed E-state index contributed by atoms with van der Waals surface area (Å²) >= 11 is 7.39. The van der Waals surface area contributed by atoms with Crippen LogP contribution >= 0.6 is 22.9 Å². The van der Waals surface area contributed by atoms with Gasteiger partial charge in [-0.3, -0.25) is 4.79 Å². The van der Waals surface area contributed by atoms with Crippen molar-refractivity contribution in [2.75, 3.05) is 0 Å². The average molecular weight is 405 g/mol. The molecule has 5 nitrogen and oxygen atoms in total. The van der Waals surface area contributed by atoms with Crippen molar-refractivity contribution in [2.45, 2.75) is 39.5 Å². The van der Waals surface area contributed by atoms with Crippen molar-refractivity contribution in [1.82, 2.24) is 9.88 Å². The monoisotopic (exact) mass is 404 g/mol. The maximum Gasteiger partial charge on any atom is 0.290 e. The lowest BCUT2D eigenvalue weighted by Crippen LogP contribution is -2.37. The van der Waals surface area contributed by atoms with Gasteiger partial charge in [0, 0.05) is 16.4 Å². The van der Waals surface area contributed by atoms with E-state index < -0.39 is 0 Å². The molecule has 2 heterocycles. The van der Waals surface area contributed by atoms with Gasteiger partial charge in [-0.05, 0) is 49.7 Å². The van der Waals surface area contributed by atoms with Crippen molar-refractivity contribution < 1.29 is 13.9 Å². The van der Waals surface area contributed by atoms with E-state index in [4.69, 9.17) is 20.8 Å². The van der Waals surface area contributed by atoms with Crippen LogP contribution in [0.5, 0.6) is 5.75 Å². The molecule has 0 spiro atoms. The molecule has 0 fully saturated rings. The highest BCUT2D eigenvalue weighted by molar-refractivity contribution is 7.09. The summed E-state index contributed by atoms with van der Waals surface area (Å²) in [6.45, 7) is 4.89. The number of furan rings is 1. The topological polar surface area (TPSA) is 55.6 Å². The fourth-order valence-electron chi connectivity index (χ4n) is 2.53. The molecule has 7 heteroatoms. The van der Waals surface area contributed by atoms with Crippen molar-refractivity contribution in [3.63, 3.8) is 0 Å². The van der Waals surface area contributed by atoms with E-state index in [0.29, 0.717) is 23.9 Å². The minimum Gasteiger partial charge on any atom is -0.486 e. The standard InChI is InChI=1S/C20H21ClN2O3S/c1-3-14(2)23(20(24)18-5-4-10-25-18)11-16-13-27-19(22-16)12-26-17-8-6-15(21)7-9-17/h4-10,13-14H,3,11-12H2,1-2H3/t14-/m1/s1. The minimum atomic E-state index is -0.124. The summed E-state index contributed by atoms with van der Waals surface area (Å²) in [5.74, 6) is 0.962. The Bertz CT molecular complexity index is 862. The van der Waals surface area contributed by atoms with Crippen LogP contribution in [0, 0.1) is 0 Å². The summed E-state index contributed by atoms with van der Waals surface area (Å²) in [6.07, 6.45) is 2.36. The zero-order valence-corrected chi connectivity index (χ0v) is 16.8. The summed E-state index contributed by atoms with van der Waals surface area (Å²) in [6, 6.07) is 10.7. The van der Waals surface area contributed by atoms with Crippen LogP contribution in [0.1, 0.15) is 41.5 Å². The average Bonchev–Trinajstić information content (AvgIpc) is 3.36. The van der Waals surface area contributed by atoms with E-state index in [2.05, 4.69) is 11.9 Å². The number of thiazole rings is 1. The fraction of sp³-hybridized carbons (Fsp3) is 0.300. The van der Waals surface area contributed by atoms with Crippen LogP contribution in [0.3, 0.4) is 0 Å². The number of aromatic nitrogens is 1. The van der Waals surface area contributed by atoms with Crippen molar-refractivity contribution >= 4 is 28.8 Å². The van der Waals surface area contributed by atoms with Crippen molar-refractivity contribution in [2.24, 2.45) is 0 Å². The van der Waals surface area contributed by atoms with Crippen LogP contribution in [-0.2, 0) is 13.2 Å². The molecule has 0 unspecified atom stereocenters. The van der Waals surface area contributed by atoms with E-state index >= 15 is 0 Å². The predicted octanol–water partition coefficient (Wildman–Crippen LogP) is 5.41. The molecule has 0 N–H and O–H groups in total. The first-order valence-electron chi connectivity index (χ1n) is 8.73. The smallest absolute Gasteiger partial charge is 0.290 e. The first-order valence-corrected chi connectivity index (χ1v) is 9.98. The molecule has 142 valence electrons. The third kappa shape index (κ3) is 5.11. The van der Waals surface area contributed by atoms with Gasteiger partial charge in [-0.2, -0.15) is 0 Å². The van der Waals surface area contributed by atoms with Crippen LogP contribution in [0.4, 0.5) is 0 Å². The molecule has 0 aliphatic carbocycles. The van der Waals surface area contributed by atoms with Gasteiger partial charge in [-0.25, -0.2) is 4.98 Å². The first-order chi connectivity index (χ1) is 13.1. The molecule has 0 bridgehead atoms. The summed E-state index contributed by atoms with van der Waals surface area (Å²) in [5, 5.41) is 3.49. The van der Waals surface area contributed by atoms with Gasteiger partial charge in [0.15, 0.2) is 5.76 Å². The molecule has 0 saturated carbocycles. The van der Waals surface area contributed by atoms with E-state index in [-0.39, 0.29) is 11.9 Å². The molecule has 0 aliphatic rings. The van der Waals surface area contributed by atoms with Crippen molar-refractivity contribution in [3.05, 3.63) is 69.5 Å².